The molecule has 0 aliphatic carbocycles. The smallest absolute Gasteiger partial charge is 0.340 e. The van der Waals surface area contributed by atoms with Crippen molar-refractivity contribution >= 4 is 29.2 Å². The van der Waals surface area contributed by atoms with Gasteiger partial charge in [0.2, 0.25) is 5.91 Å². The van der Waals surface area contributed by atoms with Crippen LogP contribution in [-0.2, 0) is 22.2 Å². The number of halogens is 4. The van der Waals surface area contributed by atoms with E-state index in [2.05, 4.69) is 15.7 Å². The van der Waals surface area contributed by atoms with E-state index in [1.165, 1.54) is 35.2 Å². The third-order valence-electron chi connectivity index (χ3n) is 7.01. The number of fused-ring (bicyclic) bond motifs is 1. The molecular formula is C34H34F4N6O3. The number of nitrogens with zero attached hydrogens (tertiary/aromatic N) is 4. The molecule has 47 heavy (non-hydrogen) atoms. The first-order valence-corrected chi connectivity index (χ1v) is 14.7. The largest absolute Gasteiger partial charge is 0.416 e. The minimum absolute atomic E-state index is 0.156. The molecule has 1 unspecified atom stereocenters. The van der Waals surface area contributed by atoms with Crippen LogP contribution in [0.25, 0.3) is 5.69 Å². The quantitative estimate of drug-likeness (QED) is 0.195. The fraction of sp³-hybridized carbons (Fsp3) is 0.235. The van der Waals surface area contributed by atoms with Crippen molar-refractivity contribution in [1.29, 1.82) is 0 Å². The summed E-state index contributed by atoms with van der Waals surface area (Å²) in [5.74, 6) is -1.21. The van der Waals surface area contributed by atoms with Crippen molar-refractivity contribution in [1.82, 2.24) is 20.0 Å². The first kappa shape index (κ1) is 34.6. The molecule has 2 heterocycles. The van der Waals surface area contributed by atoms with E-state index in [0.717, 1.165) is 23.4 Å². The number of carbonyl (C=O) groups excluding carboxylic acids is 3. The van der Waals surface area contributed by atoms with Crippen LogP contribution in [0.3, 0.4) is 0 Å². The third kappa shape index (κ3) is 8.91. The highest BCUT2D eigenvalue weighted by Gasteiger charge is 2.37. The average molecular weight is 651 g/mol. The number of carbonyl (C=O) groups is 3. The molecule has 9 nitrogen and oxygen atoms in total. The van der Waals surface area contributed by atoms with Gasteiger partial charge in [0.25, 0.3) is 11.8 Å². The minimum Gasteiger partial charge on any atom is -0.340 e. The monoisotopic (exact) mass is 650 g/mol. The van der Waals surface area contributed by atoms with E-state index < -0.39 is 29.5 Å². The minimum atomic E-state index is -4.56. The molecule has 1 aliphatic heterocycles. The van der Waals surface area contributed by atoms with Crippen molar-refractivity contribution in [2.45, 2.75) is 25.6 Å². The number of nitrogens with one attached hydrogen (secondary N) is 2. The highest BCUT2D eigenvalue weighted by molar-refractivity contribution is 6.04. The van der Waals surface area contributed by atoms with Gasteiger partial charge in [-0.1, -0.05) is 42.5 Å². The maximum Gasteiger partial charge on any atom is 0.416 e. The average Bonchev–Trinajstić information content (AvgIpc) is 3.46. The Hall–Kier alpha value is -5.30. The first-order chi connectivity index (χ1) is 22.4. The molecule has 5 rings (SSSR count). The maximum absolute atomic E-state index is 13.2. The number of anilines is 2. The Kier molecular flexibility index (Phi) is 11.3. The lowest BCUT2D eigenvalue weighted by Gasteiger charge is -2.32. The van der Waals surface area contributed by atoms with Gasteiger partial charge in [-0.2, -0.15) is 18.3 Å². The molecule has 0 saturated carbocycles. The summed E-state index contributed by atoms with van der Waals surface area (Å²) in [5.41, 5.74) is 0.677. The highest BCUT2D eigenvalue weighted by Crippen LogP contribution is 2.31. The standard InChI is InChI=1S/C22H19F3N4O2.C12H15FN2O/c1-2-28-20-15(13-26-29(20)17-9-4-3-5-10-17)12-18(21(28)31)27-19(30)14-7-6-8-16(11-14)22(23,24)25;1-15(2)9-5-8-12(16)14-11-7-4-3-6-10(11)13/h3-11,13,18H,2,12H2,1H3,(H,27,30);3-8H,9H2,1-2H3,(H,14,16)/b;8-5+. The summed E-state index contributed by atoms with van der Waals surface area (Å²) in [7, 11) is 3.80. The Bertz CT molecular complexity index is 1740. The van der Waals surface area contributed by atoms with Crippen LogP contribution < -0.4 is 15.5 Å². The molecule has 0 fully saturated rings. The van der Waals surface area contributed by atoms with Crippen molar-refractivity contribution in [3.05, 3.63) is 120 Å². The van der Waals surface area contributed by atoms with Crippen LogP contribution >= 0.6 is 0 Å². The molecule has 0 bridgehead atoms. The summed E-state index contributed by atoms with van der Waals surface area (Å²) in [5, 5.41) is 9.44. The van der Waals surface area contributed by atoms with E-state index in [1.54, 1.807) is 36.0 Å². The van der Waals surface area contributed by atoms with Crippen LogP contribution in [0, 0.1) is 5.82 Å². The molecule has 3 aromatic carbocycles. The van der Waals surface area contributed by atoms with Gasteiger partial charge in [-0.3, -0.25) is 19.3 Å². The summed E-state index contributed by atoms with van der Waals surface area (Å²) < 4.78 is 53.7. The fourth-order valence-corrected chi connectivity index (χ4v) is 4.77. The van der Waals surface area contributed by atoms with Gasteiger partial charge in [0.1, 0.15) is 17.7 Å². The zero-order valence-corrected chi connectivity index (χ0v) is 26.0. The molecule has 3 amide bonds. The van der Waals surface area contributed by atoms with Crippen LogP contribution in [0.2, 0.25) is 0 Å². The van der Waals surface area contributed by atoms with E-state index in [0.29, 0.717) is 18.9 Å². The van der Waals surface area contributed by atoms with Crippen molar-refractivity contribution in [2.75, 3.05) is 37.4 Å². The molecule has 246 valence electrons. The normalized spacial score (nSPS) is 14.4. The van der Waals surface area contributed by atoms with Gasteiger partial charge in [0, 0.05) is 36.7 Å². The number of para-hydroxylation sites is 2. The van der Waals surface area contributed by atoms with E-state index in [1.807, 2.05) is 49.3 Å². The Morgan fingerprint density at radius 2 is 1.72 bits per heavy atom. The second-order valence-electron chi connectivity index (χ2n) is 10.8. The second-order valence-corrected chi connectivity index (χ2v) is 10.8. The second kappa shape index (κ2) is 15.3. The molecule has 1 atom stereocenters. The molecule has 0 saturated heterocycles. The maximum atomic E-state index is 13.2. The molecule has 1 aromatic heterocycles. The van der Waals surface area contributed by atoms with E-state index in [4.69, 9.17) is 0 Å². The predicted molar refractivity (Wildman–Crippen MR) is 171 cm³/mol. The number of alkyl halides is 3. The van der Waals surface area contributed by atoms with Crippen LogP contribution in [0.5, 0.6) is 0 Å². The Balaban J connectivity index is 0.000000264. The molecule has 4 aromatic rings. The summed E-state index contributed by atoms with van der Waals surface area (Å²) >= 11 is 0. The summed E-state index contributed by atoms with van der Waals surface area (Å²) in [6.45, 7) is 2.83. The first-order valence-electron chi connectivity index (χ1n) is 14.7. The lowest BCUT2D eigenvalue weighted by Crippen LogP contribution is -2.53. The van der Waals surface area contributed by atoms with Gasteiger partial charge in [0.15, 0.2) is 0 Å². The van der Waals surface area contributed by atoms with E-state index in [9.17, 15) is 31.9 Å². The number of amides is 3. The zero-order chi connectivity index (χ0) is 34.1. The Morgan fingerprint density at radius 3 is 2.38 bits per heavy atom. The van der Waals surface area contributed by atoms with Gasteiger partial charge < -0.3 is 15.5 Å². The van der Waals surface area contributed by atoms with Crippen molar-refractivity contribution in [2.24, 2.45) is 0 Å². The van der Waals surface area contributed by atoms with Gasteiger partial charge >= 0.3 is 6.18 Å². The molecule has 13 heteroatoms. The van der Waals surface area contributed by atoms with E-state index >= 15 is 0 Å². The van der Waals surface area contributed by atoms with Crippen molar-refractivity contribution in [3.63, 3.8) is 0 Å². The SMILES string of the molecule is CCN1C(=O)C(NC(=O)c2cccc(C(F)(F)F)c2)Cc2cnn(-c3ccccc3)c21.CN(C)C/C=C/C(=O)Nc1ccccc1F. The number of benzene rings is 3. The number of hydrogen-bond acceptors (Lipinski definition) is 5. The summed E-state index contributed by atoms with van der Waals surface area (Å²) in [6.07, 6.45) is 0.391. The summed E-state index contributed by atoms with van der Waals surface area (Å²) in [4.78, 5) is 40.5. The number of likely N-dealkylation sites (N-methyl/N-ethyl adjacent to an activating group) is 2. The lowest BCUT2D eigenvalue weighted by molar-refractivity contribution is -0.137. The molecule has 2 N–H and O–H groups in total. The fourth-order valence-electron chi connectivity index (χ4n) is 4.77. The number of aromatic nitrogens is 2. The van der Waals surface area contributed by atoms with E-state index in [-0.39, 0.29) is 29.5 Å². The Morgan fingerprint density at radius 1 is 1.02 bits per heavy atom. The van der Waals surface area contributed by atoms with Crippen molar-refractivity contribution < 1.29 is 31.9 Å². The molecule has 1 aliphatic rings. The van der Waals surface area contributed by atoms with Gasteiger partial charge in [-0.15, -0.1) is 0 Å². The predicted octanol–water partition coefficient (Wildman–Crippen LogP) is 5.48. The van der Waals surface area contributed by atoms with Crippen LogP contribution in [0.15, 0.2) is 97.2 Å². The topological polar surface area (TPSA) is 99.6 Å². The van der Waals surface area contributed by atoms with Crippen LogP contribution in [-0.4, -0.2) is 65.6 Å². The van der Waals surface area contributed by atoms with Gasteiger partial charge in [0.05, 0.1) is 23.1 Å². The van der Waals surface area contributed by atoms with Crippen LogP contribution in [0.1, 0.15) is 28.4 Å². The number of rotatable bonds is 8. The third-order valence-corrected chi connectivity index (χ3v) is 7.01. The number of hydrogen-bond donors (Lipinski definition) is 2. The zero-order valence-electron chi connectivity index (χ0n) is 26.0. The van der Waals surface area contributed by atoms with Gasteiger partial charge in [-0.05, 0) is 63.5 Å². The molecule has 0 radical (unpaired) electrons. The summed E-state index contributed by atoms with van der Waals surface area (Å²) in [6, 6.07) is 18.6. The molecular weight excluding hydrogens is 616 g/mol. The molecule has 0 spiro atoms. The highest BCUT2D eigenvalue weighted by atomic mass is 19.4. The van der Waals surface area contributed by atoms with Gasteiger partial charge in [-0.25, -0.2) is 9.07 Å². The lowest BCUT2D eigenvalue weighted by atomic mass is 10.0. The van der Waals surface area contributed by atoms with Crippen molar-refractivity contribution in [3.8, 4) is 5.69 Å². The Labute approximate surface area is 269 Å². The van der Waals surface area contributed by atoms with Crippen LogP contribution in [0.4, 0.5) is 29.1 Å².